The number of sulfonamides is 1. The number of nitrogens with one attached hydrogen (secondary N) is 2. The zero-order valence-corrected chi connectivity index (χ0v) is 13.1. The molecule has 1 aromatic rings. The Balaban J connectivity index is 1.82. The first-order chi connectivity index (χ1) is 10.1. The predicted octanol–water partition coefficient (Wildman–Crippen LogP) is -0.227. The Morgan fingerprint density at radius 3 is 2.71 bits per heavy atom. The van der Waals surface area contributed by atoms with Crippen molar-refractivity contribution in [2.75, 3.05) is 39.8 Å². The first kappa shape index (κ1) is 14.9. The van der Waals surface area contributed by atoms with Crippen LogP contribution in [0.2, 0.25) is 0 Å². The van der Waals surface area contributed by atoms with Crippen molar-refractivity contribution in [3.05, 3.63) is 29.3 Å². The van der Waals surface area contributed by atoms with Gasteiger partial charge in [-0.05, 0) is 37.2 Å². The lowest BCUT2D eigenvalue weighted by Gasteiger charge is -2.32. The van der Waals surface area contributed by atoms with Gasteiger partial charge in [0.1, 0.15) is 0 Å². The van der Waals surface area contributed by atoms with E-state index < -0.39 is 10.0 Å². The van der Waals surface area contributed by atoms with Gasteiger partial charge in [-0.2, -0.15) is 0 Å². The molecule has 0 unspecified atom stereocenters. The number of hydrogen-bond donors (Lipinski definition) is 2. The van der Waals surface area contributed by atoms with E-state index in [9.17, 15) is 8.42 Å². The third-order valence-electron chi connectivity index (χ3n) is 4.14. The zero-order valence-electron chi connectivity index (χ0n) is 12.3. The lowest BCUT2D eigenvalue weighted by atomic mass is 10.0. The summed E-state index contributed by atoms with van der Waals surface area (Å²) in [6.45, 7) is 4.75. The maximum absolute atomic E-state index is 12.7. The van der Waals surface area contributed by atoms with Crippen molar-refractivity contribution >= 4 is 10.0 Å². The maximum atomic E-state index is 12.7. The van der Waals surface area contributed by atoms with E-state index in [1.54, 1.807) is 11.1 Å². The molecular weight excluding hydrogens is 288 g/mol. The summed E-state index contributed by atoms with van der Waals surface area (Å²) in [5, 5.41) is 5.08. The molecule has 2 N–H and O–H groups in total. The van der Waals surface area contributed by atoms with Crippen LogP contribution in [0.3, 0.4) is 0 Å². The predicted molar refractivity (Wildman–Crippen MR) is 81.2 cm³/mol. The van der Waals surface area contributed by atoms with Gasteiger partial charge in [-0.15, -0.1) is 4.83 Å². The molecular formula is C14H22N4O2S. The van der Waals surface area contributed by atoms with E-state index in [4.69, 9.17) is 0 Å². The smallest absolute Gasteiger partial charge is 0.253 e. The third-order valence-corrected chi connectivity index (χ3v) is 5.60. The molecule has 0 bridgehead atoms. The molecule has 1 fully saturated rings. The van der Waals surface area contributed by atoms with Crippen LogP contribution in [0, 0.1) is 0 Å². The average Bonchev–Trinajstić information content (AvgIpc) is 2.49. The van der Waals surface area contributed by atoms with Gasteiger partial charge < -0.3 is 10.2 Å². The molecule has 0 aromatic heterocycles. The van der Waals surface area contributed by atoms with Crippen LogP contribution >= 0.6 is 0 Å². The van der Waals surface area contributed by atoms with E-state index >= 15 is 0 Å². The summed E-state index contributed by atoms with van der Waals surface area (Å²) in [6.07, 6.45) is 0.759. The van der Waals surface area contributed by atoms with Crippen LogP contribution in [0.1, 0.15) is 11.1 Å². The molecule has 0 atom stereocenters. The van der Waals surface area contributed by atoms with Crippen molar-refractivity contribution in [3.8, 4) is 0 Å². The monoisotopic (exact) mass is 310 g/mol. The van der Waals surface area contributed by atoms with Gasteiger partial charge in [0.05, 0.1) is 4.90 Å². The summed E-state index contributed by atoms with van der Waals surface area (Å²) in [6, 6.07) is 5.53. The first-order valence-corrected chi connectivity index (χ1v) is 8.82. The van der Waals surface area contributed by atoms with Crippen molar-refractivity contribution in [2.24, 2.45) is 0 Å². The number of hydrogen-bond acceptors (Lipinski definition) is 5. The van der Waals surface area contributed by atoms with Crippen LogP contribution in [0.4, 0.5) is 0 Å². The molecule has 0 spiro atoms. The molecule has 2 aliphatic heterocycles. The zero-order chi connectivity index (χ0) is 14.9. The topological polar surface area (TPSA) is 64.7 Å². The molecule has 0 radical (unpaired) electrons. The second-order valence-corrected chi connectivity index (χ2v) is 7.33. The molecule has 6 nitrogen and oxygen atoms in total. The fourth-order valence-corrected chi connectivity index (χ4v) is 4.30. The number of rotatable bonds is 3. The fourth-order valence-electron chi connectivity index (χ4n) is 2.87. The highest BCUT2D eigenvalue weighted by atomic mass is 32.2. The van der Waals surface area contributed by atoms with Crippen LogP contribution < -0.4 is 10.1 Å². The quantitative estimate of drug-likeness (QED) is 0.808. The van der Waals surface area contributed by atoms with Gasteiger partial charge in [-0.1, -0.05) is 12.1 Å². The van der Waals surface area contributed by atoms with Crippen molar-refractivity contribution < 1.29 is 8.42 Å². The van der Waals surface area contributed by atoms with E-state index in [2.05, 4.69) is 15.0 Å². The molecule has 1 saturated heterocycles. The summed E-state index contributed by atoms with van der Waals surface area (Å²) in [5.41, 5.74) is 2.04. The largest absolute Gasteiger partial charge is 0.312 e. The molecule has 7 heteroatoms. The number of piperazine rings is 1. The second kappa shape index (κ2) is 6.02. The molecule has 2 heterocycles. The van der Waals surface area contributed by atoms with Gasteiger partial charge in [0.25, 0.3) is 10.0 Å². The minimum atomic E-state index is -3.49. The van der Waals surface area contributed by atoms with E-state index in [0.29, 0.717) is 18.0 Å². The van der Waals surface area contributed by atoms with Gasteiger partial charge in [0.15, 0.2) is 0 Å². The average molecular weight is 310 g/mol. The lowest BCUT2D eigenvalue weighted by molar-refractivity contribution is 0.135. The molecule has 21 heavy (non-hydrogen) atoms. The van der Waals surface area contributed by atoms with Crippen molar-refractivity contribution in [3.63, 3.8) is 0 Å². The maximum Gasteiger partial charge on any atom is 0.253 e. The normalized spacial score (nSPS) is 21.2. The Morgan fingerprint density at radius 2 is 1.95 bits per heavy atom. The van der Waals surface area contributed by atoms with Crippen LogP contribution in [-0.4, -0.2) is 58.1 Å². The number of hydrazine groups is 1. The van der Waals surface area contributed by atoms with Crippen molar-refractivity contribution in [1.29, 1.82) is 0 Å². The lowest BCUT2D eigenvalue weighted by Crippen LogP contribution is -2.52. The molecule has 0 amide bonds. The molecule has 0 saturated carbocycles. The molecule has 0 aliphatic carbocycles. The Bertz CT molecular complexity index is 609. The van der Waals surface area contributed by atoms with Gasteiger partial charge in [-0.25, -0.2) is 13.4 Å². The van der Waals surface area contributed by atoms with Crippen LogP contribution in [0.25, 0.3) is 0 Å². The molecule has 1 aromatic carbocycles. The van der Waals surface area contributed by atoms with E-state index in [1.165, 1.54) is 0 Å². The van der Waals surface area contributed by atoms with E-state index in [1.807, 2.05) is 19.2 Å². The Kier molecular flexibility index (Phi) is 4.28. The molecule has 2 aliphatic rings. The number of nitrogens with zero attached hydrogens (tertiary/aromatic N) is 2. The van der Waals surface area contributed by atoms with Crippen LogP contribution in [0.5, 0.6) is 0 Å². The minimum absolute atomic E-state index is 0.431. The highest BCUT2D eigenvalue weighted by Crippen LogP contribution is 2.23. The summed E-state index contributed by atoms with van der Waals surface area (Å²) in [4.78, 5) is 5.37. The number of benzene rings is 1. The summed E-state index contributed by atoms with van der Waals surface area (Å²) >= 11 is 0. The number of fused-ring (bicyclic) bond motifs is 1. The fraction of sp³-hybridized carbons (Fsp3) is 0.571. The SMILES string of the molecule is CN1CCN(NS(=O)(=O)c2cccc3c2CCNC3)CC1. The van der Waals surface area contributed by atoms with E-state index in [-0.39, 0.29) is 0 Å². The van der Waals surface area contributed by atoms with Gasteiger partial charge in [0, 0.05) is 32.7 Å². The molecule has 116 valence electrons. The first-order valence-electron chi connectivity index (χ1n) is 7.34. The Labute approximate surface area is 126 Å². The Morgan fingerprint density at radius 1 is 1.19 bits per heavy atom. The number of likely N-dealkylation sites (N-methyl/N-ethyl adjacent to an activating group) is 1. The highest BCUT2D eigenvalue weighted by Gasteiger charge is 2.25. The van der Waals surface area contributed by atoms with Gasteiger partial charge in [0.2, 0.25) is 0 Å². The van der Waals surface area contributed by atoms with Crippen molar-refractivity contribution in [2.45, 2.75) is 17.9 Å². The summed E-state index contributed by atoms with van der Waals surface area (Å²) < 4.78 is 25.3. The second-order valence-electron chi connectivity index (χ2n) is 5.71. The van der Waals surface area contributed by atoms with E-state index in [0.717, 1.165) is 43.7 Å². The van der Waals surface area contributed by atoms with Crippen LogP contribution in [0.15, 0.2) is 23.1 Å². The van der Waals surface area contributed by atoms with Crippen LogP contribution in [-0.2, 0) is 23.0 Å². The third kappa shape index (κ3) is 3.27. The summed E-state index contributed by atoms with van der Waals surface area (Å²) in [7, 11) is -1.44. The van der Waals surface area contributed by atoms with Gasteiger partial charge in [-0.3, -0.25) is 0 Å². The standard InChI is InChI=1S/C14H22N4O2S/c1-17-7-9-18(10-8-17)16-21(19,20)14-4-2-3-12-11-15-6-5-13(12)14/h2-4,15-16H,5-11H2,1H3. The molecule has 3 rings (SSSR count). The summed E-state index contributed by atoms with van der Waals surface area (Å²) in [5.74, 6) is 0. The Hall–Kier alpha value is -0.990. The van der Waals surface area contributed by atoms with Crippen molar-refractivity contribution in [1.82, 2.24) is 20.1 Å². The van der Waals surface area contributed by atoms with Gasteiger partial charge >= 0.3 is 0 Å². The minimum Gasteiger partial charge on any atom is -0.312 e. The highest BCUT2D eigenvalue weighted by molar-refractivity contribution is 7.89.